The van der Waals surface area contributed by atoms with E-state index in [9.17, 15) is 4.39 Å². The van der Waals surface area contributed by atoms with Crippen LogP contribution in [0.15, 0.2) is 48.5 Å². The van der Waals surface area contributed by atoms with Crippen LogP contribution in [0.2, 0.25) is 0 Å². The summed E-state index contributed by atoms with van der Waals surface area (Å²) >= 11 is 4.84. The van der Waals surface area contributed by atoms with Gasteiger partial charge in [-0.05, 0) is 24.3 Å². The van der Waals surface area contributed by atoms with E-state index in [0.717, 1.165) is 23.2 Å². The van der Waals surface area contributed by atoms with Gasteiger partial charge in [0.05, 0.1) is 49.0 Å². The van der Waals surface area contributed by atoms with Gasteiger partial charge < -0.3 is 4.74 Å². The number of para-hydroxylation sites is 3. The molecule has 0 atom stereocenters. The predicted octanol–water partition coefficient (Wildman–Crippen LogP) is 4.76. The lowest BCUT2D eigenvalue weighted by atomic mass is 10.2. The van der Waals surface area contributed by atoms with Crippen LogP contribution in [0.1, 0.15) is 0 Å². The first kappa shape index (κ1) is 15.6. The van der Waals surface area contributed by atoms with Gasteiger partial charge in [-0.25, -0.2) is 4.39 Å². The molecule has 0 aromatic heterocycles. The van der Waals surface area contributed by atoms with Crippen molar-refractivity contribution >= 4 is 45.1 Å². The van der Waals surface area contributed by atoms with Crippen molar-refractivity contribution in [3.63, 3.8) is 0 Å². The van der Waals surface area contributed by atoms with Gasteiger partial charge in [0.25, 0.3) is 0 Å². The van der Waals surface area contributed by atoms with Crippen molar-refractivity contribution < 1.29 is 9.13 Å². The maximum Gasteiger partial charge on any atom is 0.147 e. The molecule has 2 aromatic carbocycles. The molecule has 0 spiro atoms. The first-order chi connectivity index (χ1) is 10.8. The molecule has 0 saturated heterocycles. The number of rotatable bonds is 6. The normalized spacial score (nSPS) is 13.5. The lowest BCUT2D eigenvalue weighted by Crippen LogP contribution is -2.20. The second-order valence-electron chi connectivity index (χ2n) is 4.72. The summed E-state index contributed by atoms with van der Waals surface area (Å²) in [6, 6.07) is 14.9. The summed E-state index contributed by atoms with van der Waals surface area (Å²) in [6.07, 6.45) is 0. The fourth-order valence-corrected chi connectivity index (χ4v) is 3.59. The molecular formula is C16H16BrFN2OS. The van der Waals surface area contributed by atoms with Crippen LogP contribution in [0.4, 0.5) is 21.5 Å². The first-order valence-corrected chi connectivity index (χ1v) is 8.89. The Morgan fingerprint density at radius 2 is 1.64 bits per heavy atom. The SMILES string of the molecule is Fc1ccccc1N1SN(CCOCCBr)c2ccccc21. The second kappa shape index (κ2) is 7.35. The minimum atomic E-state index is -0.220. The number of fused-ring (bicyclic) bond motifs is 1. The van der Waals surface area contributed by atoms with Gasteiger partial charge in [-0.3, -0.25) is 8.61 Å². The summed E-state index contributed by atoms with van der Waals surface area (Å²) in [7, 11) is 0. The maximum absolute atomic E-state index is 14.1. The Bertz CT molecular complexity index is 643. The molecule has 3 nitrogen and oxygen atoms in total. The molecule has 0 unspecified atom stereocenters. The Labute approximate surface area is 142 Å². The zero-order valence-electron chi connectivity index (χ0n) is 11.9. The fourth-order valence-electron chi connectivity index (χ4n) is 2.29. The number of hydrogen-bond donors (Lipinski definition) is 0. The van der Waals surface area contributed by atoms with Gasteiger partial charge in [-0.2, -0.15) is 0 Å². The predicted molar refractivity (Wildman–Crippen MR) is 94.5 cm³/mol. The summed E-state index contributed by atoms with van der Waals surface area (Å²) in [5.74, 6) is -0.220. The molecule has 3 rings (SSSR count). The molecule has 1 aliphatic heterocycles. The van der Waals surface area contributed by atoms with Crippen molar-refractivity contribution in [3.8, 4) is 0 Å². The minimum absolute atomic E-state index is 0.220. The van der Waals surface area contributed by atoms with Crippen LogP contribution < -0.4 is 8.61 Å². The van der Waals surface area contributed by atoms with Crippen molar-refractivity contribution in [2.75, 3.05) is 33.7 Å². The van der Waals surface area contributed by atoms with E-state index in [1.54, 1.807) is 12.1 Å². The number of alkyl halides is 1. The highest BCUT2D eigenvalue weighted by Gasteiger charge is 2.29. The first-order valence-electron chi connectivity index (χ1n) is 7.04. The highest BCUT2D eigenvalue weighted by atomic mass is 79.9. The second-order valence-corrected chi connectivity index (χ2v) is 6.48. The van der Waals surface area contributed by atoms with Gasteiger partial charge >= 0.3 is 0 Å². The molecule has 22 heavy (non-hydrogen) atoms. The van der Waals surface area contributed by atoms with Crippen molar-refractivity contribution in [3.05, 3.63) is 54.3 Å². The van der Waals surface area contributed by atoms with Crippen LogP contribution in [0.5, 0.6) is 0 Å². The quantitative estimate of drug-likeness (QED) is 0.406. The zero-order valence-corrected chi connectivity index (χ0v) is 14.3. The number of benzene rings is 2. The number of halogens is 2. The fraction of sp³-hybridized carbons (Fsp3) is 0.250. The molecule has 1 aliphatic rings. The van der Waals surface area contributed by atoms with Crippen LogP contribution in [0.25, 0.3) is 0 Å². The smallest absolute Gasteiger partial charge is 0.147 e. The van der Waals surface area contributed by atoms with Crippen LogP contribution >= 0.6 is 28.1 Å². The van der Waals surface area contributed by atoms with E-state index in [-0.39, 0.29) is 5.82 Å². The Balaban J connectivity index is 1.81. The van der Waals surface area contributed by atoms with E-state index in [0.29, 0.717) is 18.9 Å². The van der Waals surface area contributed by atoms with Crippen molar-refractivity contribution in [1.29, 1.82) is 0 Å². The van der Waals surface area contributed by atoms with Gasteiger partial charge in [0, 0.05) is 5.33 Å². The third kappa shape index (κ3) is 3.24. The van der Waals surface area contributed by atoms with Crippen LogP contribution in [-0.4, -0.2) is 25.1 Å². The van der Waals surface area contributed by atoms with E-state index < -0.39 is 0 Å². The molecule has 116 valence electrons. The molecule has 1 heterocycles. The molecule has 0 fully saturated rings. The largest absolute Gasteiger partial charge is 0.379 e. The molecule has 2 aromatic rings. The van der Waals surface area contributed by atoms with Crippen molar-refractivity contribution in [1.82, 2.24) is 0 Å². The van der Waals surface area contributed by atoms with E-state index >= 15 is 0 Å². The third-order valence-corrected chi connectivity index (χ3v) is 4.74. The molecule has 0 bridgehead atoms. The summed E-state index contributed by atoms with van der Waals surface area (Å²) in [5.41, 5.74) is 2.65. The van der Waals surface area contributed by atoms with E-state index in [1.165, 1.54) is 18.2 Å². The number of anilines is 3. The summed E-state index contributed by atoms with van der Waals surface area (Å²) < 4.78 is 23.7. The Morgan fingerprint density at radius 1 is 0.955 bits per heavy atom. The van der Waals surface area contributed by atoms with Gasteiger partial charge in [0.2, 0.25) is 0 Å². The summed E-state index contributed by atoms with van der Waals surface area (Å²) in [4.78, 5) is 0. The highest BCUT2D eigenvalue weighted by molar-refractivity contribution is 9.09. The van der Waals surface area contributed by atoms with E-state index in [4.69, 9.17) is 4.74 Å². The Hall–Kier alpha value is -1.24. The van der Waals surface area contributed by atoms with Crippen LogP contribution in [0.3, 0.4) is 0 Å². The van der Waals surface area contributed by atoms with E-state index in [2.05, 4.69) is 20.2 Å². The third-order valence-electron chi connectivity index (χ3n) is 3.28. The molecule has 6 heteroatoms. The lowest BCUT2D eigenvalue weighted by Gasteiger charge is -2.19. The molecule has 0 aliphatic carbocycles. The van der Waals surface area contributed by atoms with Gasteiger partial charge in [-0.15, -0.1) is 0 Å². The topological polar surface area (TPSA) is 15.7 Å². The minimum Gasteiger partial charge on any atom is -0.379 e. The molecule has 0 saturated carbocycles. The number of hydrogen-bond acceptors (Lipinski definition) is 4. The average molecular weight is 383 g/mol. The maximum atomic E-state index is 14.1. The Kier molecular flexibility index (Phi) is 5.23. The summed E-state index contributed by atoms with van der Waals surface area (Å²) in [6.45, 7) is 2.08. The van der Waals surface area contributed by atoms with Gasteiger partial charge in [0.15, 0.2) is 0 Å². The number of ether oxygens (including phenoxy) is 1. The molecule has 0 N–H and O–H groups in total. The standard InChI is InChI=1S/C16H16BrFN2OS/c17-9-11-21-12-10-19-15-7-3-4-8-16(15)20(22-19)14-6-2-1-5-13(14)18/h1-8H,9-12H2. The highest BCUT2D eigenvalue weighted by Crippen LogP contribution is 2.49. The van der Waals surface area contributed by atoms with Gasteiger partial charge in [0.1, 0.15) is 5.82 Å². The van der Waals surface area contributed by atoms with E-state index in [1.807, 2.05) is 34.6 Å². The average Bonchev–Trinajstić information content (AvgIpc) is 2.91. The summed E-state index contributed by atoms with van der Waals surface area (Å²) in [5, 5.41) is 0.831. The van der Waals surface area contributed by atoms with Crippen LogP contribution in [0, 0.1) is 5.82 Å². The Morgan fingerprint density at radius 3 is 2.36 bits per heavy atom. The molecular weight excluding hydrogens is 367 g/mol. The number of nitrogens with zero attached hydrogens (tertiary/aromatic N) is 2. The lowest BCUT2D eigenvalue weighted by molar-refractivity contribution is 0.159. The van der Waals surface area contributed by atoms with Gasteiger partial charge in [-0.1, -0.05) is 40.2 Å². The monoisotopic (exact) mass is 382 g/mol. The van der Waals surface area contributed by atoms with Crippen LogP contribution in [-0.2, 0) is 4.74 Å². The molecule has 0 amide bonds. The van der Waals surface area contributed by atoms with Crippen molar-refractivity contribution in [2.45, 2.75) is 0 Å². The van der Waals surface area contributed by atoms with Crippen molar-refractivity contribution in [2.24, 2.45) is 0 Å². The molecule has 0 radical (unpaired) electrons. The zero-order chi connectivity index (χ0) is 15.4.